The lowest BCUT2D eigenvalue weighted by Crippen LogP contribution is -1.99. The first-order valence-corrected chi connectivity index (χ1v) is 6.18. The Morgan fingerprint density at radius 1 is 1.22 bits per heavy atom. The molecule has 0 aliphatic carbocycles. The van der Waals surface area contributed by atoms with Gasteiger partial charge >= 0.3 is 0 Å². The smallest absolute Gasteiger partial charge is 0.101 e. The van der Waals surface area contributed by atoms with Crippen LogP contribution in [-0.2, 0) is 13.1 Å². The van der Waals surface area contributed by atoms with Gasteiger partial charge in [0.15, 0.2) is 0 Å². The zero-order chi connectivity index (χ0) is 13.0. The molecule has 2 rings (SSSR count). The molecule has 0 atom stereocenters. The molecule has 0 aliphatic rings. The highest BCUT2D eigenvalue weighted by molar-refractivity contribution is 5.68. The van der Waals surface area contributed by atoms with Crippen molar-refractivity contribution in [3.8, 4) is 17.3 Å². The Kier molecular flexibility index (Phi) is 3.81. The maximum Gasteiger partial charge on any atom is 0.101 e. The molecule has 92 valence electrons. The summed E-state index contributed by atoms with van der Waals surface area (Å²) in [7, 11) is 0. The van der Waals surface area contributed by atoms with Gasteiger partial charge in [-0.15, -0.1) is 0 Å². The molecule has 0 fully saturated rings. The lowest BCUT2D eigenvalue weighted by molar-refractivity contribution is 0.689. The van der Waals surface area contributed by atoms with Crippen LogP contribution in [0.5, 0.6) is 0 Å². The zero-order valence-corrected chi connectivity index (χ0v) is 10.6. The summed E-state index contributed by atoms with van der Waals surface area (Å²) in [6.07, 6.45) is 3.03. The third kappa shape index (κ3) is 2.29. The van der Waals surface area contributed by atoms with Crippen molar-refractivity contribution in [3.05, 3.63) is 47.7 Å². The number of aryl methyl sites for hydroxylation is 1. The highest BCUT2D eigenvalue weighted by atomic mass is 15.0. The Morgan fingerprint density at radius 2 is 1.94 bits per heavy atom. The van der Waals surface area contributed by atoms with Gasteiger partial charge in [0, 0.05) is 19.3 Å². The molecular formula is C15H17N3. The molecule has 0 bridgehead atoms. The molecule has 0 amide bonds. The van der Waals surface area contributed by atoms with Gasteiger partial charge in [0.1, 0.15) is 6.07 Å². The summed E-state index contributed by atoms with van der Waals surface area (Å²) in [5.74, 6) is 0. The van der Waals surface area contributed by atoms with Gasteiger partial charge in [0.05, 0.1) is 11.3 Å². The molecule has 0 unspecified atom stereocenters. The summed E-state index contributed by atoms with van der Waals surface area (Å²) in [4.78, 5) is 0. The van der Waals surface area contributed by atoms with Crippen molar-refractivity contribution in [3.63, 3.8) is 0 Å². The quantitative estimate of drug-likeness (QED) is 0.891. The van der Waals surface area contributed by atoms with E-state index in [1.165, 1.54) is 0 Å². The van der Waals surface area contributed by atoms with Gasteiger partial charge in [-0.05, 0) is 23.6 Å². The van der Waals surface area contributed by atoms with E-state index in [2.05, 4.69) is 17.6 Å². The fourth-order valence-electron chi connectivity index (χ4n) is 2.11. The first kappa shape index (κ1) is 12.4. The monoisotopic (exact) mass is 239 g/mol. The van der Waals surface area contributed by atoms with Gasteiger partial charge in [-0.1, -0.05) is 31.2 Å². The first-order chi connectivity index (χ1) is 8.80. The summed E-state index contributed by atoms with van der Waals surface area (Å²) in [5.41, 5.74) is 9.50. The van der Waals surface area contributed by atoms with Gasteiger partial charge in [-0.3, -0.25) is 0 Å². The van der Waals surface area contributed by atoms with Crippen LogP contribution in [0.1, 0.15) is 24.5 Å². The van der Waals surface area contributed by atoms with Crippen LogP contribution in [-0.4, -0.2) is 4.57 Å². The highest BCUT2D eigenvalue weighted by Gasteiger charge is 2.10. The Balaban J connectivity index is 2.47. The minimum atomic E-state index is 0.543. The van der Waals surface area contributed by atoms with Crippen LogP contribution >= 0.6 is 0 Å². The number of hydrogen-bond acceptors (Lipinski definition) is 2. The molecule has 2 N–H and O–H groups in total. The van der Waals surface area contributed by atoms with Gasteiger partial charge in [0.25, 0.3) is 0 Å². The number of hydrogen-bond donors (Lipinski definition) is 1. The molecule has 1 aromatic carbocycles. The Morgan fingerprint density at radius 3 is 2.50 bits per heavy atom. The summed E-state index contributed by atoms with van der Waals surface area (Å²) < 4.78 is 2.13. The topological polar surface area (TPSA) is 54.7 Å². The summed E-state index contributed by atoms with van der Waals surface area (Å²) in [6.45, 7) is 3.60. The van der Waals surface area contributed by atoms with E-state index in [4.69, 9.17) is 5.73 Å². The van der Waals surface area contributed by atoms with E-state index in [1.54, 1.807) is 0 Å². The van der Waals surface area contributed by atoms with Gasteiger partial charge < -0.3 is 10.3 Å². The van der Waals surface area contributed by atoms with Gasteiger partial charge in [-0.2, -0.15) is 5.26 Å². The van der Waals surface area contributed by atoms with E-state index in [9.17, 15) is 5.26 Å². The van der Waals surface area contributed by atoms with E-state index in [-0.39, 0.29) is 0 Å². The second-order valence-electron chi connectivity index (χ2n) is 4.28. The van der Waals surface area contributed by atoms with Crippen molar-refractivity contribution in [1.29, 1.82) is 5.26 Å². The van der Waals surface area contributed by atoms with Crippen LogP contribution < -0.4 is 5.73 Å². The Hall–Kier alpha value is -2.05. The summed E-state index contributed by atoms with van der Waals surface area (Å²) >= 11 is 0. The number of rotatable bonds is 4. The maximum absolute atomic E-state index is 9.18. The Labute approximate surface area is 107 Å². The normalized spacial score (nSPS) is 10.3. The van der Waals surface area contributed by atoms with E-state index >= 15 is 0 Å². The number of nitrogens with two attached hydrogens (primary N) is 1. The van der Waals surface area contributed by atoms with E-state index in [1.807, 2.05) is 36.5 Å². The molecule has 3 nitrogen and oxygen atoms in total. The van der Waals surface area contributed by atoms with Crippen molar-refractivity contribution in [1.82, 2.24) is 4.57 Å². The van der Waals surface area contributed by atoms with E-state index < -0.39 is 0 Å². The third-order valence-corrected chi connectivity index (χ3v) is 3.01. The lowest BCUT2D eigenvalue weighted by atomic mass is 10.1. The molecule has 0 aliphatic heterocycles. The molecule has 0 saturated carbocycles. The molecule has 1 heterocycles. The molecule has 2 aromatic rings. The van der Waals surface area contributed by atoms with Crippen LogP contribution in [0.4, 0.5) is 0 Å². The SMILES string of the molecule is CCCn1ccc(C#N)c1-c1ccc(CN)cc1. The number of nitrogens with zero attached hydrogens (tertiary/aromatic N) is 2. The van der Waals surface area contributed by atoms with Crippen molar-refractivity contribution in [2.45, 2.75) is 26.4 Å². The van der Waals surface area contributed by atoms with Crippen LogP contribution in [0.15, 0.2) is 36.5 Å². The van der Waals surface area contributed by atoms with Crippen molar-refractivity contribution in [2.75, 3.05) is 0 Å². The number of benzene rings is 1. The number of nitriles is 1. The molecule has 0 spiro atoms. The molecule has 18 heavy (non-hydrogen) atoms. The molecular weight excluding hydrogens is 222 g/mol. The minimum absolute atomic E-state index is 0.543. The van der Waals surface area contributed by atoms with Crippen molar-refractivity contribution in [2.24, 2.45) is 5.73 Å². The first-order valence-electron chi connectivity index (χ1n) is 6.18. The lowest BCUT2D eigenvalue weighted by Gasteiger charge is -2.09. The van der Waals surface area contributed by atoms with Gasteiger partial charge in [-0.25, -0.2) is 0 Å². The summed E-state index contributed by atoms with van der Waals surface area (Å²) in [6, 6.07) is 12.2. The maximum atomic E-state index is 9.18. The standard InChI is InChI=1S/C15H17N3/c1-2-8-18-9-7-14(11-17)15(18)13-5-3-12(10-16)4-6-13/h3-7,9H,2,8,10,16H2,1H3. The van der Waals surface area contributed by atoms with E-state index in [0.717, 1.165) is 35.3 Å². The minimum Gasteiger partial charge on any atom is -0.346 e. The number of aromatic nitrogens is 1. The van der Waals surface area contributed by atoms with Crippen molar-refractivity contribution >= 4 is 0 Å². The highest BCUT2D eigenvalue weighted by Crippen LogP contribution is 2.25. The third-order valence-electron chi connectivity index (χ3n) is 3.01. The molecule has 0 saturated heterocycles. The van der Waals surface area contributed by atoms with E-state index in [0.29, 0.717) is 6.54 Å². The zero-order valence-electron chi connectivity index (χ0n) is 10.6. The molecule has 0 radical (unpaired) electrons. The van der Waals surface area contributed by atoms with Crippen LogP contribution in [0.2, 0.25) is 0 Å². The predicted octanol–water partition coefficient (Wildman–Crippen LogP) is 2.90. The second kappa shape index (κ2) is 5.52. The van der Waals surface area contributed by atoms with Crippen LogP contribution in [0.25, 0.3) is 11.3 Å². The molecule has 3 heteroatoms. The average Bonchev–Trinajstić information content (AvgIpc) is 2.82. The van der Waals surface area contributed by atoms with Crippen molar-refractivity contribution < 1.29 is 0 Å². The summed E-state index contributed by atoms with van der Waals surface area (Å²) in [5, 5.41) is 9.18. The average molecular weight is 239 g/mol. The molecule has 1 aromatic heterocycles. The van der Waals surface area contributed by atoms with Gasteiger partial charge in [0.2, 0.25) is 0 Å². The van der Waals surface area contributed by atoms with Crippen LogP contribution in [0.3, 0.4) is 0 Å². The fourth-order valence-corrected chi connectivity index (χ4v) is 2.11. The largest absolute Gasteiger partial charge is 0.346 e. The second-order valence-corrected chi connectivity index (χ2v) is 4.28. The van der Waals surface area contributed by atoms with Crippen LogP contribution in [0, 0.1) is 11.3 Å². The predicted molar refractivity (Wildman–Crippen MR) is 72.8 cm³/mol. The fraction of sp³-hybridized carbons (Fsp3) is 0.267. The Bertz CT molecular complexity index is 558.